The highest BCUT2D eigenvalue weighted by atomic mass is 19.1. The topological polar surface area (TPSA) is 61.4 Å². The zero-order valence-corrected chi connectivity index (χ0v) is 13.8. The van der Waals surface area contributed by atoms with Crippen molar-refractivity contribution < 1.29 is 14.0 Å². The molecule has 130 valence electrons. The van der Waals surface area contributed by atoms with Gasteiger partial charge in [-0.15, -0.1) is 0 Å². The van der Waals surface area contributed by atoms with E-state index in [1.54, 1.807) is 12.1 Å². The molecule has 2 aliphatic rings. The van der Waals surface area contributed by atoms with Crippen molar-refractivity contribution >= 4 is 11.8 Å². The highest BCUT2D eigenvalue weighted by Gasteiger charge is 2.28. The second-order valence-corrected chi connectivity index (χ2v) is 6.72. The van der Waals surface area contributed by atoms with Gasteiger partial charge < -0.3 is 10.6 Å². The van der Waals surface area contributed by atoms with Gasteiger partial charge in [0.05, 0.1) is 0 Å². The van der Waals surface area contributed by atoms with E-state index in [-0.39, 0.29) is 23.7 Å². The summed E-state index contributed by atoms with van der Waals surface area (Å²) in [6.45, 7) is 2.51. The Hall–Kier alpha value is -1.95. The lowest BCUT2D eigenvalue weighted by atomic mass is 10.0. The third kappa shape index (κ3) is 4.54. The van der Waals surface area contributed by atoms with Gasteiger partial charge in [0.2, 0.25) is 11.8 Å². The first-order valence-electron chi connectivity index (χ1n) is 8.67. The fourth-order valence-corrected chi connectivity index (χ4v) is 3.47. The van der Waals surface area contributed by atoms with Crippen LogP contribution in [0.25, 0.3) is 0 Å². The SMILES string of the molecule is O=C1CCC[C@H](C(=O)N[C@H]2CCCN(Cc3ccc(F)cc3)C2)N1. The molecule has 2 heterocycles. The third-order valence-electron chi connectivity index (χ3n) is 4.72. The van der Waals surface area contributed by atoms with Crippen LogP contribution >= 0.6 is 0 Å². The molecule has 2 fully saturated rings. The average molecular weight is 333 g/mol. The molecule has 0 bridgehead atoms. The van der Waals surface area contributed by atoms with Crippen molar-refractivity contribution in [1.82, 2.24) is 15.5 Å². The fraction of sp³-hybridized carbons (Fsp3) is 0.556. The number of benzene rings is 1. The van der Waals surface area contributed by atoms with Gasteiger partial charge in [-0.25, -0.2) is 4.39 Å². The molecule has 0 radical (unpaired) electrons. The number of nitrogens with one attached hydrogen (secondary N) is 2. The van der Waals surface area contributed by atoms with E-state index in [4.69, 9.17) is 0 Å². The number of carbonyl (C=O) groups excluding carboxylic acids is 2. The first kappa shape index (κ1) is 16.9. The Balaban J connectivity index is 1.50. The van der Waals surface area contributed by atoms with E-state index < -0.39 is 6.04 Å². The minimum atomic E-state index is -0.390. The van der Waals surface area contributed by atoms with E-state index in [1.165, 1.54) is 12.1 Å². The van der Waals surface area contributed by atoms with E-state index in [9.17, 15) is 14.0 Å². The maximum Gasteiger partial charge on any atom is 0.242 e. The van der Waals surface area contributed by atoms with Gasteiger partial charge in [-0.1, -0.05) is 12.1 Å². The van der Waals surface area contributed by atoms with Crippen LogP contribution in [0.3, 0.4) is 0 Å². The van der Waals surface area contributed by atoms with Crippen LogP contribution < -0.4 is 10.6 Å². The lowest BCUT2D eigenvalue weighted by Gasteiger charge is -2.34. The van der Waals surface area contributed by atoms with Crippen LogP contribution in [0.5, 0.6) is 0 Å². The number of rotatable bonds is 4. The van der Waals surface area contributed by atoms with Crippen LogP contribution in [0.15, 0.2) is 24.3 Å². The van der Waals surface area contributed by atoms with Crippen molar-refractivity contribution in [2.45, 2.75) is 50.7 Å². The first-order chi connectivity index (χ1) is 11.6. The number of amides is 2. The molecule has 2 saturated heterocycles. The molecule has 0 aliphatic carbocycles. The number of likely N-dealkylation sites (tertiary alicyclic amines) is 1. The Morgan fingerprint density at radius 1 is 1.25 bits per heavy atom. The number of piperidine rings is 2. The summed E-state index contributed by atoms with van der Waals surface area (Å²) >= 11 is 0. The molecule has 2 N–H and O–H groups in total. The molecule has 2 amide bonds. The van der Waals surface area contributed by atoms with Crippen LogP contribution in [-0.2, 0) is 16.1 Å². The Labute approximate surface area is 141 Å². The van der Waals surface area contributed by atoms with Crippen molar-refractivity contribution in [2.24, 2.45) is 0 Å². The standard InChI is InChI=1S/C18H24FN3O2/c19-14-8-6-13(7-9-14)11-22-10-2-3-15(12-22)20-18(24)16-4-1-5-17(23)21-16/h6-9,15-16H,1-5,10-12H2,(H,20,24)(H,21,23)/t15-,16+/m0/s1. The summed E-state index contributed by atoms with van der Waals surface area (Å²) in [4.78, 5) is 26.0. The van der Waals surface area contributed by atoms with Crippen molar-refractivity contribution in [3.8, 4) is 0 Å². The maximum absolute atomic E-state index is 13.0. The molecule has 2 aliphatic heterocycles. The van der Waals surface area contributed by atoms with Crippen LogP contribution in [0, 0.1) is 5.82 Å². The molecule has 5 nitrogen and oxygen atoms in total. The minimum absolute atomic E-state index is 0.0389. The molecule has 0 aromatic heterocycles. The van der Waals surface area contributed by atoms with Gasteiger partial charge in [-0.05, 0) is 49.9 Å². The number of halogens is 1. The van der Waals surface area contributed by atoms with Crippen LogP contribution in [0.4, 0.5) is 4.39 Å². The lowest BCUT2D eigenvalue weighted by molar-refractivity contribution is -0.131. The van der Waals surface area contributed by atoms with Crippen molar-refractivity contribution in [3.63, 3.8) is 0 Å². The zero-order chi connectivity index (χ0) is 16.9. The number of nitrogens with zero attached hydrogens (tertiary/aromatic N) is 1. The van der Waals surface area contributed by atoms with E-state index in [2.05, 4.69) is 15.5 Å². The monoisotopic (exact) mass is 333 g/mol. The van der Waals surface area contributed by atoms with Crippen molar-refractivity contribution in [2.75, 3.05) is 13.1 Å². The molecule has 1 aromatic rings. The normalized spacial score (nSPS) is 25.1. The summed E-state index contributed by atoms with van der Waals surface area (Å²) in [5, 5.41) is 5.84. The Bertz CT molecular complexity index is 590. The van der Waals surface area contributed by atoms with Crippen molar-refractivity contribution in [3.05, 3.63) is 35.6 Å². The summed E-state index contributed by atoms with van der Waals surface area (Å²) in [6, 6.07) is 6.27. The smallest absolute Gasteiger partial charge is 0.242 e. The lowest BCUT2D eigenvalue weighted by Crippen LogP contribution is -2.54. The predicted molar refractivity (Wildman–Crippen MR) is 88.6 cm³/mol. The molecule has 3 rings (SSSR count). The summed E-state index contributed by atoms with van der Waals surface area (Å²) in [7, 11) is 0. The highest BCUT2D eigenvalue weighted by molar-refractivity contribution is 5.88. The summed E-state index contributed by atoms with van der Waals surface area (Å²) in [5.41, 5.74) is 1.07. The minimum Gasteiger partial charge on any atom is -0.350 e. The van der Waals surface area contributed by atoms with Gasteiger partial charge >= 0.3 is 0 Å². The zero-order valence-electron chi connectivity index (χ0n) is 13.8. The predicted octanol–water partition coefficient (Wildman–Crippen LogP) is 1.57. The van der Waals surface area contributed by atoms with Gasteiger partial charge in [0, 0.05) is 25.6 Å². The van der Waals surface area contributed by atoms with Gasteiger partial charge in [0.1, 0.15) is 11.9 Å². The number of hydrogen-bond donors (Lipinski definition) is 2. The Morgan fingerprint density at radius 3 is 2.79 bits per heavy atom. The first-order valence-corrected chi connectivity index (χ1v) is 8.67. The Morgan fingerprint density at radius 2 is 2.04 bits per heavy atom. The second-order valence-electron chi connectivity index (χ2n) is 6.72. The quantitative estimate of drug-likeness (QED) is 0.879. The van der Waals surface area contributed by atoms with E-state index in [1.807, 2.05) is 0 Å². The van der Waals surface area contributed by atoms with Gasteiger partial charge in [0.25, 0.3) is 0 Å². The fourth-order valence-electron chi connectivity index (χ4n) is 3.47. The molecule has 0 saturated carbocycles. The molecule has 0 unspecified atom stereocenters. The molecule has 2 atom stereocenters. The summed E-state index contributed by atoms with van der Waals surface area (Å²) < 4.78 is 13.0. The molecular weight excluding hydrogens is 309 g/mol. The highest BCUT2D eigenvalue weighted by Crippen LogP contribution is 2.15. The summed E-state index contributed by atoms with van der Waals surface area (Å²) in [6.07, 6.45) is 3.96. The van der Waals surface area contributed by atoms with E-state index in [0.29, 0.717) is 12.8 Å². The van der Waals surface area contributed by atoms with Crippen LogP contribution in [0.2, 0.25) is 0 Å². The van der Waals surface area contributed by atoms with E-state index in [0.717, 1.165) is 44.5 Å². The van der Waals surface area contributed by atoms with Gasteiger partial charge in [0.15, 0.2) is 0 Å². The molecule has 0 spiro atoms. The van der Waals surface area contributed by atoms with Crippen LogP contribution in [-0.4, -0.2) is 41.9 Å². The van der Waals surface area contributed by atoms with Gasteiger partial charge in [-0.3, -0.25) is 14.5 Å². The second kappa shape index (κ2) is 7.75. The van der Waals surface area contributed by atoms with Crippen LogP contribution in [0.1, 0.15) is 37.7 Å². The van der Waals surface area contributed by atoms with Crippen molar-refractivity contribution in [1.29, 1.82) is 0 Å². The van der Waals surface area contributed by atoms with Gasteiger partial charge in [-0.2, -0.15) is 0 Å². The molecule has 1 aromatic carbocycles. The van der Waals surface area contributed by atoms with E-state index >= 15 is 0 Å². The largest absolute Gasteiger partial charge is 0.350 e. The molecular formula is C18H24FN3O2. The maximum atomic E-state index is 13.0. The third-order valence-corrected chi connectivity index (χ3v) is 4.72. The molecule has 6 heteroatoms. The number of carbonyl (C=O) groups is 2. The molecule has 24 heavy (non-hydrogen) atoms. The summed E-state index contributed by atoms with van der Waals surface area (Å²) in [5.74, 6) is -0.336. The Kier molecular flexibility index (Phi) is 5.45. The number of hydrogen-bond acceptors (Lipinski definition) is 3. The average Bonchev–Trinajstić information content (AvgIpc) is 2.57.